The van der Waals surface area contributed by atoms with Gasteiger partial charge in [-0.05, 0) is 26.8 Å². The Labute approximate surface area is 106 Å². The molecule has 18 heavy (non-hydrogen) atoms. The third-order valence-electron chi connectivity index (χ3n) is 2.74. The molecule has 0 aromatic carbocycles. The lowest BCUT2D eigenvalue weighted by atomic mass is 9.83. The SMILES string of the molecule is CCOC(=O)N1N=CC=CC1C(C)(C)C(=O)OC. The number of carbonyl (C=O) groups is 2. The highest BCUT2D eigenvalue weighted by Gasteiger charge is 2.43. The molecule has 0 aliphatic carbocycles. The van der Waals surface area contributed by atoms with Crippen LogP contribution in [0.15, 0.2) is 17.3 Å². The van der Waals surface area contributed by atoms with E-state index in [4.69, 9.17) is 9.47 Å². The number of amides is 1. The Kier molecular flexibility index (Phi) is 4.47. The fraction of sp³-hybridized carbons (Fsp3) is 0.583. The van der Waals surface area contributed by atoms with Crippen LogP contribution >= 0.6 is 0 Å². The first-order chi connectivity index (χ1) is 8.45. The summed E-state index contributed by atoms with van der Waals surface area (Å²) in [4.78, 5) is 23.5. The number of hydrazone groups is 1. The molecule has 0 saturated carbocycles. The molecular weight excluding hydrogens is 236 g/mol. The molecule has 6 nitrogen and oxygen atoms in total. The van der Waals surface area contributed by atoms with E-state index in [9.17, 15) is 9.59 Å². The standard InChI is InChI=1S/C12H18N2O4/c1-5-18-11(16)14-9(7-6-8-13-14)12(2,3)10(15)17-4/h6-9H,5H2,1-4H3. The van der Waals surface area contributed by atoms with Crippen molar-refractivity contribution < 1.29 is 19.1 Å². The molecule has 1 atom stereocenters. The topological polar surface area (TPSA) is 68.2 Å². The van der Waals surface area contributed by atoms with Crippen LogP contribution < -0.4 is 0 Å². The van der Waals surface area contributed by atoms with Gasteiger partial charge >= 0.3 is 12.1 Å². The molecule has 1 rings (SSSR count). The number of ether oxygens (including phenoxy) is 2. The average Bonchev–Trinajstić information content (AvgIpc) is 2.38. The van der Waals surface area contributed by atoms with Gasteiger partial charge in [0.1, 0.15) is 0 Å². The molecule has 0 N–H and O–H groups in total. The molecule has 1 aliphatic rings. The number of methoxy groups -OCH3 is 1. The predicted molar refractivity (Wildman–Crippen MR) is 66.1 cm³/mol. The molecule has 0 fully saturated rings. The summed E-state index contributed by atoms with van der Waals surface area (Å²) >= 11 is 0. The van der Waals surface area contributed by atoms with Crippen LogP contribution in [0.2, 0.25) is 0 Å². The summed E-state index contributed by atoms with van der Waals surface area (Å²) < 4.78 is 9.66. The van der Waals surface area contributed by atoms with Gasteiger partial charge in [0.25, 0.3) is 0 Å². The fourth-order valence-electron chi connectivity index (χ4n) is 1.70. The Morgan fingerprint density at radius 1 is 1.44 bits per heavy atom. The third kappa shape index (κ3) is 2.69. The Bertz CT molecular complexity index is 388. The van der Waals surface area contributed by atoms with Crippen molar-refractivity contribution in [2.75, 3.05) is 13.7 Å². The van der Waals surface area contributed by atoms with Gasteiger partial charge in [0.05, 0.1) is 25.2 Å². The van der Waals surface area contributed by atoms with E-state index in [1.165, 1.54) is 13.3 Å². The van der Waals surface area contributed by atoms with Crippen molar-refractivity contribution in [1.29, 1.82) is 0 Å². The van der Waals surface area contributed by atoms with Crippen molar-refractivity contribution >= 4 is 18.3 Å². The summed E-state index contributed by atoms with van der Waals surface area (Å²) in [5.74, 6) is -0.413. The number of allylic oxidation sites excluding steroid dienone is 1. The quantitative estimate of drug-likeness (QED) is 0.717. The van der Waals surface area contributed by atoms with Crippen molar-refractivity contribution in [2.24, 2.45) is 10.5 Å². The van der Waals surface area contributed by atoms with Crippen molar-refractivity contribution in [1.82, 2.24) is 5.01 Å². The predicted octanol–water partition coefficient (Wildman–Crippen LogP) is 1.57. The van der Waals surface area contributed by atoms with Crippen molar-refractivity contribution in [3.8, 4) is 0 Å². The van der Waals surface area contributed by atoms with Crippen LogP contribution in [0, 0.1) is 5.41 Å². The van der Waals surface area contributed by atoms with E-state index in [2.05, 4.69) is 5.10 Å². The lowest BCUT2D eigenvalue weighted by Gasteiger charge is -2.35. The molecule has 6 heteroatoms. The lowest BCUT2D eigenvalue weighted by molar-refractivity contribution is -0.153. The van der Waals surface area contributed by atoms with Gasteiger partial charge in [-0.1, -0.05) is 6.08 Å². The van der Waals surface area contributed by atoms with Crippen LogP contribution in [-0.4, -0.2) is 43.0 Å². The summed E-state index contributed by atoms with van der Waals surface area (Å²) in [6, 6.07) is -0.533. The fourth-order valence-corrected chi connectivity index (χ4v) is 1.70. The van der Waals surface area contributed by atoms with Gasteiger partial charge in [-0.2, -0.15) is 10.1 Å². The molecule has 1 amide bonds. The van der Waals surface area contributed by atoms with E-state index in [-0.39, 0.29) is 6.61 Å². The number of rotatable bonds is 3. The van der Waals surface area contributed by atoms with E-state index in [0.29, 0.717) is 0 Å². The largest absolute Gasteiger partial charge is 0.469 e. The molecule has 0 spiro atoms. The second kappa shape index (κ2) is 5.66. The molecule has 0 saturated heterocycles. The molecule has 0 aromatic heterocycles. The minimum Gasteiger partial charge on any atom is -0.469 e. The Balaban J connectivity index is 2.97. The molecule has 100 valence electrons. The van der Waals surface area contributed by atoms with Crippen LogP contribution in [0.25, 0.3) is 0 Å². The van der Waals surface area contributed by atoms with Gasteiger partial charge in [0, 0.05) is 6.21 Å². The van der Waals surface area contributed by atoms with Crippen LogP contribution in [-0.2, 0) is 14.3 Å². The number of nitrogens with zero attached hydrogens (tertiary/aromatic N) is 2. The summed E-state index contributed by atoms with van der Waals surface area (Å²) in [5.41, 5.74) is -0.907. The molecule has 1 heterocycles. The van der Waals surface area contributed by atoms with Crippen LogP contribution in [0.1, 0.15) is 20.8 Å². The summed E-state index contributed by atoms with van der Waals surface area (Å²) in [5, 5.41) is 5.10. The smallest absolute Gasteiger partial charge is 0.430 e. The van der Waals surface area contributed by atoms with Crippen molar-refractivity contribution in [2.45, 2.75) is 26.8 Å². The van der Waals surface area contributed by atoms with Gasteiger partial charge in [0.15, 0.2) is 0 Å². The minimum absolute atomic E-state index is 0.250. The number of hydrogen-bond acceptors (Lipinski definition) is 5. The zero-order chi connectivity index (χ0) is 13.8. The Morgan fingerprint density at radius 3 is 2.67 bits per heavy atom. The normalized spacial score (nSPS) is 18.7. The Hall–Kier alpha value is -1.85. The highest BCUT2D eigenvalue weighted by atomic mass is 16.6. The zero-order valence-corrected chi connectivity index (χ0v) is 11.0. The first-order valence-corrected chi connectivity index (χ1v) is 5.70. The molecule has 1 aliphatic heterocycles. The number of carbonyl (C=O) groups excluding carboxylic acids is 2. The van der Waals surface area contributed by atoms with E-state index in [0.717, 1.165) is 5.01 Å². The van der Waals surface area contributed by atoms with Gasteiger partial charge in [-0.3, -0.25) is 4.79 Å². The maximum Gasteiger partial charge on any atom is 0.430 e. The zero-order valence-electron chi connectivity index (χ0n) is 11.0. The average molecular weight is 254 g/mol. The molecule has 0 bridgehead atoms. The van der Waals surface area contributed by atoms with E-state index in [1.54, 1.807) is 32.9 Å². The van der Waals surface area contributed by atoms with E-state index >= 15 is 0 Å². The van der Waals surface area contributed by atoms with Gasteiger partial charge < -0.3 is 9.47 Å². The summed E-state index contributed by atoms with van der Waals surface area (Å²) in [6.07, 6.45) is 4.30. The van der Waals surface area contributed by atoms with Crippen LogP contribution in [0.5, 0.6) is 0 Å². The molecule has 0 aromatic rings. The second-order valence-corrected chi connectivity index (χ2v) is 4.35. The summed E-state index contributed by atoms with van der Waals surface area (Å²) in [7, 11) is 1.31. The van der Waals surface area contributed by atoms with Crippen LogP contribution in [0.3, 0.4) is 0 Å². The van der Waals surface area contributed by atoms with Gasteiger partial charge in [-0.25, -0.2) is 4.79 Å². The maximum atomic E-state index is 11.8. The van der Waals surface area contributed by atoms with Gasteiger partial charge in [-0.15, -0.1) is 0 Å². The first-order valence-electron chi connectivity index (χ1n) is 5.70. The van der Waals surface area contributed by atoms with Crippen molar-refractivity contribution in [3.63, 3.8) is 0 Å². The Morgan fingerprint density at radius 2 is 2.11 bits per heavy atom. The monoisotopic (exact) mass is 254 g/mol. The second-order valence-electron chi connectivity index (χ2n) is 4.35. The van der Waals surface area contributed by atoms with Gasteiger partial charge in [0.2, 0.25) is 0 Å². The lowest BCUT2D eigenvalue weighted by Crippen LogP contribution is -2.49. The minimum atomic E-state index is -0.907. The van der Waals surface area contributed by atoms with E-state index in [1.807, 2.05) is 0 Å². The maximum absolute atomic E-state index is 11.8. The molecular formula is C12H18N2O4. The highest BCUT2D eigenvalue weighted by molar-refractivity contribution is 5.81. The number of hydrogen-bond donors (Lipinski definition) is 0. The molecule has 1 unspecified atom stereocenters. The summed E-state index contributed by atoms with van der Waals surface area (Å²) in [6.45, 7) is 5.35. The molecule has 0 radical (unpaired) electrons. The number of esters is 1. The first kappa shape index (κ1) is 14.2. The highest BCUT2D eigenvalue weighted by Crippen LogP contribution is 2.29. The third-order valence-corrected chi connectivity index (χ3v) is 2.74. The van der Waals surface area contributed by atoms with Crippen LogP contribution in [0.4, 0.5) is 4.79 Å². The van der Waals surface area contributed by atoms with E-state index < -0.39 is 23.5 Å². The van der Waals surface area contributed by atoms with Crippen molar-refractivity contribution in [3.05, 3.63) is 12.2 Å².